The number of aryl methyl sites for hydroxylation is 1. The average molecular weight is 344 g/mol. The number of carbonyl (C=O) groups is 1. The van der Waals surface area contributed by atoms with Crippen molar-refractivity contribution in [1.29, 1.82) is 0 Å². The third-order valence-corrected chi connectivity index (χ3v) is 6.48. The normalized spacial score (nSPS) is 18.8. The van der Waals surface area contributed by atoms with Gasteiger partial charge in [-0.15, -0.1) is 11.3 Å². The number of aromatic nitrogens is 2. The predicted molar refractivity (Wildman–Crippen MR) is 97.9 cm³/mol. The molecule has 1 amide bonds. The lowest BCUT2D eigenvalue weighted by atomic mass is 9.94. The number of fused-ring (bicyclic) bond motifs is 1. The van der Waals surface area contributed by atoms with Crippen LogP contribution in [0.25, 0.3) is 10.2 Å². The Morgan fingerprint density at radius 1 is 1.21 bits per heavy atom. The largest absolute Gasteiger partial charge is 0.356 e. The first-order valence-electron chi connectivity index (χ1n) is 8.93. The first-order valence-corrected chi connectivity index (χ1v) is 9.74. The zero-order chi connectivity index (χ0) is 16.7. The molecule has 0 aliphatic heterocycles. The van der Waals surface area contributed by atoms with Gasteiger partial charge in [0.2, 0.25) is 0 Å². The van der Waals surface area contributed by atoms with Gasteiger partial charge >= 0.3 is 0 Å². The maximum Gasteiger partial charge on any atom is 0.261 e. The first kappa shape index (κ1) is 15.8. The Labute approximate surface area is 146 Å². The molecule has 2 aromatic rings. The summed E-state index contributed by atoms with van der Waals surface area (Å²) in [5.74, 6) is 1.02. The van der Waals surface area contributed by atoms with Crippen LogP contribution >= 0.6 is 11.3 Å². The van der Waals surface area contributed by atoms with Gasteiger partial charge in [-0.3, -0.25) is 4.79 Å². The highest BCUT2D eigenvalue weighted by Gasteiger charge is 2.28. The van der Waals surface area contributed by atoms with Gasteiger partial charge in [0, 0.05) is 19.1 Å². The second-order valence-corrected chi connectivity index (χ2v) is 8.08. The van der Waals surface area contributed by atoms with E-state index < -0.39 is 0 Å². The molecule has 0 atom stereocenters. The van der Waals surface area contributed by atoms with E-state index in [1.165, 1.54) is 43.4 Å². The number of nitrogens with zero attached hydrogens (tertiary/aromatic N) is 3. The van der Waals surface area contributed by atoms with Crippen LogP contribution < -0.4 is 10.2 Å². The number of amides is 1. The quantitative estimate of drug-likeness (QED) is 0.919. The van der Waals surface area contributed by atoms with E-state index in [2.05, 4.69) is 27.2 Å². The summed E-state index contributed by atoms with van der Waals surface area (Å²) < 4.78 is 0. The molecule has 1 N–H and O–H groups in total. The lowest BCUT2D eigenvalue weighted by molar-refractivity contribution is 0.0954. The molecule has 0 spiro atoms. The number of anilines is 1. The Hall–Kier alpha value is -1.69. The summed E-state index contributed by atoms with van der Waals surface area (Å²) >= 11 is 1.49. The third-order valence-electron chi connectivity index (χ3n) is 5.28. The molecule has 0 unspecified atom stereocenters. The lowest BCUT2D eigenvalue weighted by Gasteiger charge is -2.32. The van der Waals surface area contributed by atoms with Crippen molar-refractivity contribution in [3.05, 3.63) is 16.8 Å². The van der Waals surface area contributed by atoms with Crippen molar-refractivity contribution in [3.8, 4) is 0 Å². The molecule has 5 nitrogen and oxygen atoms in total. The van der Waals surface area contributed by atoms with Gasteiger partial charge in [0.25, 0.3) is 5.91 Å². The molecular weight excluding hydrogens is 320 g/mol. The van der Waals surface area contributed by atoms with Gasteiger partial charge in [-0.2, -0.15) is 0 Å². The summed E-state index contributed by atoms with van der Waals surface area (Å²) in [6.07, 6.45) is 10.2. The molecule has 0 aromatic carbocycles. The van der Waals surface area contributed by atoms with Crippen LogP contribution in [0.15, 0.2) is 6.33 Å². The highest BCUT2D eigenvalue weighted by molar-refractivity contribution is 7.20. The van der Waals surface area contributed by atoms with Crippen molar-refractivity contribution in [2.24, 2.45) is 0 Å². The monoisotopic (exact) mass is 344 g/mol. The van der Waals surface area contributed by atoms with E-state index in [-0.39, 0.29) is 5.91 Å². The van der Waals surface area contributed by atoms with E-state index in [9.17, 15) is 4.79 Å². The van der Waals surface area contributed by atoms with E-state index in [1.54, 1.807) is 6.33 Å². The van der Waals surface area contributed by atoms with E-state index in [1.807, 2.05) is 6.92 Å². The van der Waals surface area contributed by atoms with Crippen molar-refractivity contribution >= 4 is 33.3 Å². The van der Waals surface area contributed by atoms with E-state index >= 15 is 0 Å². The Balaban J connectivity index is 1.70. The number of thiophene rings is 1. The molecule has 24 heavy (non-hydrogen) atoms. The van der Waals surface area contributed by atoms with Crippen LogP contribution in [0.4, 0.5) is 5.82 Å². The molecule has 2 fully saturated rings. The Kier molecular flexibility index (Phi) is 4.16. The molecule has 0 radical (unpaired) electrons. The van der Waals surface area contributed by atoms with Crippen molar-refractivity contribution in [2.45, 2.75) is 64.0 Å². The minimum absolute atomic E-state index is 0.0456. The average Bonchev–Trinajstić information content (AvgIpc) is 3.36. The van der Waals surface area contributed by atoms with E-state index in [0.717, 1.165) is 39.3 Å². The lowest BCUT2D eigenvalue weighted by Crippen LogP contribution is -2.34. The topological polar surface area (TPSA) is 58.1 Å². The number of carbonyl (C=O) groups excluding carboxylic acids is 1. The zero-order valence-electron chi connectivity index (χ0n) is 14.3. The Morgan fingerprint density at radius 2 is 1.96 bits per heavy atom. The Bertz CT molecular complexity index is 762. The molecule has 2 heterocycles. The smallest absolute Gasteiger partial charge is 0.261 e. The van der Waals surface area contributed by atoms with E-state index in [4.69, 9.17) is 0 Å². The number of rotatable bonds is 4. The van der Waals surface area contributed by atoms with Gasteiger partial charge in [-0.1, -0.05) is 19.3 Å². The minimum atomic E-state index is 0.0456. The second kappa shape index (κ2) is 6.31. The van der Waals surface area contributed by atoms with Gasteiger partial charge < -0.3 is 10.2 Å². The first-order chi connectivity index (χ1) is 11.6. The molecular formula is C18H24N4OS. The molecule has 6 heteroatoms. The summed E-state index contributed by atoms with van der Waals surface area (Å²) in [5, 5.41) is 4.15. The summed E-state index contributed by atoms with van der Waals surface area (Å²) in [4.78, 5) is 25.5. The van der Waals surface area contributed by atoms with E-state index in [0.29, 0.717) is 12.1 Å². The molecule has 4 rings (SSSR count). The van der Waals surface area contributed by atoms with Gasteiger partial charge in [0.1, 0.15) is 17.0 Å². The number of hydrogen-bond acceptors (Lipinski definition) is 5. The molecule has 2 saturated carbocycles. The molecule has 0 saturated heterocycles. The van der Waals surface area contributed by atoms with Gasteiger partial charge in [-0.05, 0) is 38.2 Å². The standard InChI is InChI=1S/C18H24N4OS/c1-11-14-16(22(2)13-6-4-3-5-7-13)19-10-20-18(14)24-15(11)17(23)21-12-8-9-12/h10,12-13H,3-9H2,1-2H3,(H,21,23). The second-order valence-electron chi connectivity index (χ2n) is 7.08. The van der Waals surface area contributed by atoms with Gasteiger partial charge in [0.05, 0.1) is 10.3 Å². The molecule has 2 aliphatic carbocycles. The highest BCUT2D eigenvalue weighted by atomic mass is 32.1. The molecule has 0 bridgehead atoms. The SMILES string of the molecule is Cc1c(C(=O)NC2CC2)sc2ncnc(N(C)C3CCCCC3)c12. The molecule has 2 aliphatic rings. The number of nitrogens with one attached hydrogen (secondary N) is 1. The van der Waals surface area contributed by atoms with Crippen molar-refractivity contribution in [1.82, 2.24) is 15.3 Å². The van der Waals surface area contributed by atoms with Crippen LogP contribution in [0.2, 0.25) is 0 Å². The summed E-state index contributed by atoms with van der Waals surface area (Å²) in [6.45, 7) is 2.03. The predicted octanol–water partition coefficient (Wildman–Crippen LogP) is 3.66. The maximum atomic E-state index is 12.5. The maximum absolute atomic E-state index is 12.5. The zero-order valence-corrected chi connectivity index (χ0v) is 15.2. The fraction of sp³-hybridized carbons (Fsp3) is 0.611. The van der Waals surface area contributed by atoms with Crippen LogP contribution in [0.3, 0.4) is 0 Å². The van der Waals surface area contributed by atoms with Gasteiger partial charge in [0.15, 0.2) is 0 Å². The van der Waals surface area contributed by atoms with Crippen molar-refractivity contribution < 1.29 is 4.79 Å². The van der Waals surface area contributed by atoms with Crippen LogP contribution in [0, 0.1) is 6.92 Å². The van der Waals surface area contributed by atoms with Crippen LogP contribution in [-0.4, -0.2) is 35.0 Å². The third kappa shape index (κ3) is 2.88. The van der Waals surface area contributed by atoms with Crippen molar-refractivity contribution in [2.75, 3.05) is 11.9 Å². The van der Waals surface area contributed by atoms with Crippen LogP contribution in [0.1, 0.15) is 60.2 Å². The summed E-state index contributed by atoms with van der Waals surface area (Å²) in [6, 6.07) is 0.914. The van der Waals surface area contributed by atoms with Gasteiger partial charge in [-0.25, -0.2) is 9.97 Å². The number of hydrogen-bond donors (Lipinski definition) is 1. The minimum Gasteiger partial charge on any atom is -0.356 e. The molecule has 2 aromatic heterocycles. The van der Waals surface area contributed by atoms with Crippen LogP contribution in [-0.2, 0) is 0 Å². The highest BCUT2D eigenvalue weighted by Crippen LogP contribution is 2.37. The Morgan fingerprint density at radius 3 is 2.67 bits per heavy atom. The van der Waals surface area contributed by atoms with Crippen LogP contribution in [0.5, 0.6) is 0 Å². The summed E-state index contributed by atoms with van der Waals surface area (Å²) in [7, 11) is 2.14. The fourth-order valence-electron chi connectivity index (χ4n) is 3.66. The van der Waals surface area contributed by atoms with Crippen molar-refractivity contribution in [3.63, 3.8) is 0 Å². The summed E-state index contributed by atoms with van der Waals surface area (Å²) in [5.41, 5.74) is 1.02. The fourth-order valence-corrected chi connectivity index (χ4v) is 4.70. The molecule has 128 valence electrons.